The molecule has 0 bridgehead atoms. The first-order valence-corrected chi connectivity index (χ1v) is 6.68. The first-order valence-electron chi connectivity index (χ1n) is 6.68. The monoisotopic (exact) mass is 246 g/mol. The van der Waals surface area contributed by atoms with Gasteiger partial charge in [0.1, 0.15) is 5.82 Å². The highest BCUT2D eigenvalue weighted by Gasteiger charge is 2.16. The molecule has 0 radical (unpaired) electrons. The Bertz CT molecular complexity index is 553. The third-order valence-corrected chi connectivity index (χ3v) is 4.00. The van der Waals surface area contributed by atoms with Gasteiger partial charge in [0.2, 0.25) is 0 Å². The molecule has 2 nitrogen and oxygen atoms in total. The van der Waals surface area contributed by atoms with Gasteiger partial charge in [0.05, 0.1) is 0 Å². The number of hydrogen-bond acceptors (Lipinski definition) is 1. The highest BCUT2D eigenvalue weighted by molar-refractivity contribution is 5.84. The van der Waals surface area contributed by atoms with Crippen LogP contribution in [-0.2, 0) is 13.5 Å². The minimum atomic E-state index is -0.139. The summed E-state index contributed by atoms with van der Waals surface area (Å²) >= 11 is 0. The van der Waals surface area contributed by atoms with Gasteiger partial charge in [-0.15, -0.1) is 0 Å². The van der Waals surface area contributed by atoms with Gasteiger partial charge < -0.3 is 9.88 Å². The molecule has 2 aromatic rings. The van der Waals surface area contributed by atoms with Crippen molar-refractivity contribution in [1.82, 2.24) is 9.88 Å². The molecule has 0 amide bonds. The first-order chi connectivity index (χ1) is 8.74. The molecule has 0 unspecified atom stereocenters. The minimum absolute atomic E-state index is 0.139. The highest BCUT2D eigenvalue weighted by Crippen LogP contribution is 2.26. The quantitative estimate of drug-likeness (QED) is 0.862. The molecule has 0 atom stereocenters. The summed E-state index contributed by atoms with van der Waals surface area (Å²) < 4.78 is 15.5. The van der Waals surface area contributed by atoms with E-state index in [1.165, 1.54) is 24.5 Å². The van der Waals surface area contributed by atoms with Crippen molar-refractivity contribution in [3.63, 3.8) is 0 Å². The van der Waals surface area contributed by atoms with Crippen LogP contribution >= 0.6 is 0 Å². The lowest BCUT2D eigenvalue weighted by Gasteiger charge is -2.22. The van der Waals surface area contributed by atoms with E-state index in [4.69, 9.17) is 0 Å². The van der Waals surface area contributed by atoms with Gasteiger partial charge in [0, 0.05) is 24.1 Å². The molecule has 3 rings (SSSR count). The summed E-state index contributed by atoms with van der Waals surface area (Å²) in [4.78, 5) is 0. The van der Waals surface area contributed by atoms with Crippen LogP contribution in [0.25, 0.3) is 10.9 Å². The van der Waals surface area contributed by atoms with Crippen LogP contribution in [-0.4, -0.2) is 17.7 Å². The van der Waals surface area contributed by atoms with Crippen molar-refractivity contribution in [2.24, 2.45) is 13.0 Å². The molecule has 18 heavy (non-hydrogen) atoms. The average molecular weight is 246 g/mol. The summed E-state index contributed by atoms with van der Waals surface area (Å²) in [6.45, 7) is 2.23. The lowest BCUT2D eigenvalue weighted by atomic mass is 9.91. The van der Waals surface area contributed by atoms with Crippen molar-refractivity contribution in [2.75, 3.05) is 13.1 Å². The van der Waals surface area contributed by atoms with E-state index >= 15 is 0 Å². The molecule has 1 saturated heterocycles. The standard InChI is InChI=1S/C15H19FN2/c1-18-10-12(8-11-4-6-17-7-5-11)14-9-13(16)2-3-15(14)18/h2-3,9-11,17H,4-8H2,1H3. The number of halogens is 1. The normalized spacial score (nSPS) is 17.4. The number of benzene rings is 1. The van der Waals surface area contributed by atoms with Gasteiger partial charge in [0.25, 0.3) is 0 Å². The molecule has 2 heterocycles. The van der Waals surface area contributed by atoms with Crippen molar-refractivity contribution in [3.8, 4) is 0 Å². The first kappa shape index (κ1) is 11.7. The Morgan fingerprint density at radius 3 is 2.89 bits per heavy atom. The van der Waals surface area contributed by atoms with Crippen molar-refractivity contribution in [2.45, 2.75) is 19.3 Å². The van der Waals surface area contributed by atoms with Gasteiger partial charge in [-0.05, 0) is 62.0 Å². The maximum atomic E-state index is 13.4. The number of aryl methyl sites for hydroxylation is 1. The molecule has 1 fully saturated rings. The third-order valence-electron chi connectivity index (χ3n) is 4.00. The Hall–Kier alpha value is -1.35. The van der Waals surface area contributed by atoms with E-state index < -0.39 is 0 Å². The maximum absolute atomic E-state index is 13.4. The number of rotatable bonds is 2. The number of nitrogens with one attached hydrogen (secondary N) is 1. The molecule has 0 saturated carbocycles. The Balaban J connectivity index is 1.93. The number of fused-ring (bicyclic) bond motifs is 1. The zero-order valence-corrected chi connectivity index (χ0v) is 10.7. The molecule has 96 valence electrons. The predicted molar refractivity (Wildman–Crippen MR) is 72.2 cm³/mol. The van der Waals surface area contributed by atoms with Gasteiger partial charge in [-0.2, -0.15) is 0 Å². The number of hydrogen-bond donors (Lipinski definition) is 1. The van der Waals surface area contributed by atoms with Gasteiger partial charge in [-0.25, -0.2) is 4.39 Å². The second kappa shape index (κ2) is 4.73. The van der Waals surface area contributed by atoms with Gasteiger partial charge in [-0.1, -0.05) is 0 Å². The van der Waals surface area contributed by atoms with Crippen LogP contribution < -0.4 is 5.32 Å². The summed E-state index contributed by atoms with van der Waals surface area (Å²) in [5, 5.41) is 4.47. The largest absolute Gasteiger partial charge is 0.350 e. The zero-order chi connectivity index (χ0) is 12.5. The van der Waals surface area contributed by atoms with Crippen LogP contribution in [0.2, 0.25) is 0 Å². The molecular weight excluding hydrogens is 227 g/mol. The molecule has 1 aromatic heterocycles. The van der Waals surface area contributed by atoms with E-state index in [9.17, 15) is 4.39 Å². The SMILES string of the molecule is Cn1cc(CC2CCNCC2)c2cc(F)ccc21. The minimum Gasteiger partial charge on any atom is -0.350 e. The number of piperidine rings is 1. The Labute approximate surface area is 107 Å². The Kier molecular flexibility index (Phi) is 3.08. The van der Waals surface area contributed by atoms with E-state index in [0.717, 1.165) is 36.3 Å². The van der Waals surface area contributed by atoms with E-state index in [1.807, 2.05) is 13.1 Å². The fraction of sp³-hybridized carbons (Fsp3) is 0.467. The molecule has 1 aliphatic heterocycles. The smallest absolute Gasteiger partial charge is 0.123 e. The molecule has 1 aromatic carbocycles. The van der Waals surface area contributed by atoms with Crippen molar-refractivity contribution in [3.05, 3.63) is 35.8 Å². The van der Waals surface area contributed by atoms with Gasteiger partial charge in [0.15, 0.2) is 0 Å². The Morgan fingerprint density at radius 1 is 1.33 bits per heavy atom. The molecular formula is C15H19FN2. The van der Waals surface area contributed by atoms with E-state index in [1.54, 1.807) is 6.07 Å². The summed E-state index contributed by atoms with van der Waals surface area (Å²) in [7, 11) is 2.03. The summed E-state index contributed by atoms with van der Waals surface area (Å²) in [6.07, 6.45) is 5.69. The fourth-order valence-corrected chi connectivity index (χ4v) is 3.01. The highest BCUT2D eigenvalue weighted by atomic mass is 19.1. The average Bonchev–Trinajstić information content (AvgIpc) is 2.67. The number of aromatic nitrogens is 1. The predicted octanol–water partition coefficient (Wildman–Crippen LogP) is 2.86. The van der Waals surface area contributed by atoms with Crippen molar-refractivity contribution >= 4 is 10.9 Å². The van der Waals surface area contributed by atoms with E-state index in [0.29, 0.717) is 0 Å². The van der Waals surface area contributed by atoms with Crippen LogP contribution in [0.5, 0.6) is 0 Å². The van der Waals surface area contributed by atoms with Crippen molar-refractivity contribution in [1.29, 1.82) is 0 Å². The second-order valence-electron chi connectivity index (χ2n) is 5.32. The zero-order valence-electron chi connectivity index (χ0n) is 10.7. The summed E-state index contributed by atoms with van der Waals surface area (Å²) in [5.41, 5.74) is 2.42. The fourth-order valence-electron chi connectivity index (χ4n) is 3.01. The number of nitrogens with zero attached hydrogens (tertiary/aromatic N) is 1. The van der Waals surface area contributed by atoms with Crippen LogP contribution in [0.3, 0.4) is 0 Å². The van der Waals surface area contributed by atoms with Crippen LogP contribution in [0.15, 0.2) is 24.4 Å². The lowest BCUT2D eigenvalue weighted by Crippen LogP contribution is -2.28. The van der Waals surface area contributed by atoms with Crippen LogP contribution in [0.1, 0.15) is 18.4 Å². The third kappa shape index (κ3) is 2.15. The topological polar surface area (TPSA) is 17.0 Å². The van der Waals surface area contributed by atoms with Gasteiger partial charge >= 0.3 is 0 Å². The molecule has 1 N–H and O–H groups in total. The lowest BCUT2D eigenvalue weighted by molar-refractivity contribution is 0.373. The van der Waals surface area contributed by atoms with Crippen LogP contribution in [0, 0.1) is 11.7 Å². The van der Waals surface area contributed by atoms with E-state index in [2.05, 4.69) is 16.1 Å². The van der Waals surface area contributed by atoms with Crippen LogP contribution in [0.4, 0.5) is 4.39 Å². The van der Waals surface area contributed by atoms with Crippen molar-refractivity contribution < 1.29 is 4.39 Å². The summed E-state index contributed by atoms with van der Waals surface area (Å²) in [6, 6.07) is 5.08. The molecule has 0 aliphatic carbocycles. The maximum Gasteiger partial charge on any atom is 0.123 e. The van der Waals surface area contributed by atoms with E-state index in [-0.39, 0.29) is 5.82 Å². The molecule has 3 heteroatoms. The Morgan fingerprint density at radius 2 is 2.11 bits per heavy atom. The second-order valence-corrected chi connectivity index (χ2v) is 5.32. The molecule has 1 aliphatic rings. The molecule has 0 spiro atoms. The van der Waals surface area contributed by atoms with Gasteiger partial charge in [-0.3, -0.25) is 0 Å². The summed E-state index contributed by atoms with van der Waals surface area (Å²) in [5.74, 6) is 0.598.